The van der Waals surface area contributed by atoms with Gasteiger partial charge in [-0.3, -0.25) is 0 Å². The first-order valence-electron chi connectivity index (χ1n) is 5.33. The van der Waals surface area contributed by atoms with Gasteiger partial charge in [-0.1, -0.05) is 12.1 Å². The number of ether oxygens (including phenoxy) is 1. The molecule has 2 rings (SSSR count). The molecule has 0 aromatic heterocycles. The van der Waals surface area contributed by atoms with E-state index in [9.17, 15) is 4.39 Å². The van der Waals surface area contributed by atoms with Crippen molar-refractivity contribution < 1.29 is 9.13 Å². The normalized spacial score (nSPS) is 17.5. The van der Waals surface area contributed by atoms with E-state index in [-0.39, 0.29) is 11.2 Å². The summed E-state index contributed by atoms with van der Waals surface area (Å²) in [6, 6.07) is 6.52. The molecular formula is C12H16FNO. The zero-order valence-electron chi connectivity index (χ0n) is 8.71. The standard InChI is InChI=1S/C12H16FNO/c13-10-3-1-2-4-11(10)15-9-12(5-6-12)7-8-14/h1-4H,5-9,14H2. The molecular weight excluding hydrogens is 193 g/mol. The van der Waals surface area contributed by atoms with Gasteiger partial charge in [0, 0.05) is 5.41 Å². The molecule has 0 heterocycles. The Labute approximate surface area is 89.2 Å². The van der Waals surface area contributed by atoms with Crippen LogP contribution in [0, 0.1) is 11.2 Å². The zero-order chi connectivity index (χ0) is 10.7. The fourth-order valence-electron chi connectivity index (χ4n) is 1.74. The van der Waals surface area contributed by atoms with E-state index in [2.05, 4.69) is 0 Å². The second-order valence-corrected chi connectivity index (χ2v) is 4.26. The molecule has 0 saturated heterocycles. The van der Waals surface area contributed by atoms with Crippen molar-refractivity contribution in [2.75, 3.05) is 13.2 Å². The van der Waals surface area contributed by atoms with Gasteiger partial charge >= 0.3 is 0 Å². The van der Waals surface area contributed by atoms with Crippen LogP contribution in [0.2, 0.25) is 0 Å². The van der Waals surface area contributed by atoms with E-state index in [1.165, 1.54) is 6.07 Å². The number of hydrogen-bond acceptors (Lipinski definition) is 2. The number of rotatable bonds is 5. The topological polar surface area (TPSA) is 35.2 Å². The molecule has 1 fully saturated rings. The summed E-state index contributed by atoms with van der Waals surface area (Å²) in [4.78, 5) is 0. The summed E-state index contributed by atoms with van der Waals surface area (Å²) in [6.07, 6.45) is 3.28. The Hall–Kier alpha value is -1.09. The number of halogens is 1. The second kappa shape index (κ2) is 4.19. The Bertz CT molecular complexity index is 336. The van der Waals surface area contributed by atoms with E-state index in [4.69, 9.17) is 10.5 Å². The second-order valence-electron chi connectivity index (χ2n) is 4.26. The van der Waals surface area contributed by atoms with Crippen LogP contribution in [-0.4, -0.2) is 13.2 Å². The van der Waals surface area contributed by atoms with E-state index < -0.39 is 0 Å². The summed E-state index contributed by atoms with van der Waals surface area (Å²) >= 11 is 0. The van der Waals surface area contributed by atoms with Gasteiger partial charge in [0.2, 0.25) is 0 Å². The van der Waals surface area contributed by atoms with Crippen LogP contribution in [0.1, 0.15) is 19.3 Å². The largest absolute Gasteiger partial charge is 0.490 e. The monoisotopic (exact) mass is 209 g/mol. The van der Waals surface area contributed by atoms with Crippen molar-refractivity contribution in [3.8, 4) is 5.75 Å². The fraction of sp³-hybridized carbons (Fsp3) is 0.500. The Morgan fingerprint density at radius 2 is 2.07 bits per heavy atom. The van der Waals surface area contributed by atoms with Gasteiger partial charge in [-0.05, 0) is 37.9 Å². The third-order valence-electron chi connectivity index (χ3n) is 3.00. The molecule has 2 N–H and O–H groups in total. The summed E-state index contributed by atoms with van der Waals surface area (Å²) in [5.74, 6) is 0.0573. The average molecular weight is 209 g/mol. The Kier molecular flexibility index (Phi) is 2.91. The predicted octanol–water partition coefficient (Wildman–Crippen LogP) is 2.33. The Balaban J connectivity index is 1.91. The van der Waals surface area contributed by atoms with E-state index in [1.54, 1.807) is 18.2 Å². The summed E-state index contributed by atoms with van der Waals surface area (Å²) in [6.45, 7) is 1.27. The summed E-state index contributed by atoms with van der Waals surface area (Å²) in [7, 11) is 0. The first-order valence-corrected chi connectivity index (χ1v) is 5.33. The summed E-state index contributed by atoms with van der Waals surface area (Å²) in [5.41, 5.74) is 5.76. The van der Waals surface area contributed by atoms with Crippen LogP contribution >= 0.6 is 0 Å². The minimum atomic E-state index is -0.291. The fourth-order valence-corrected chi connectivity index (χ4v) is 1.74. The molecule has 2 nitrogen and oxygen atoms in total. The molecule has 0 aliphatic heterocycles. The van der Waals surface area contributed by atoms with Gasteiger partial charge in [0.05, 0.1) is 6.61 Å². The Morgan fingerprint density at radius 3 is 2.67 bits per heavy atom. The molecule has 0 amide bonds. The van der Waals surface area contributed by atoms with Gasteiger partial charge in [0.1, 0.15) is 0 Å². The van der Waals surface area contributed by atoms with Crippen LogP contribution in [0.15, 0.2) is 24.3 Å². The molecule has 1 aromatic carbocycles. The predicted molar refractivity (Wildman–Crippen MR) is 57.2 cm³/mol. The third kappa shape index (κ3) is 2.48. The molecule has 0 atom stereocenters. The lowest BCUT2D eigenvalue weighted by Gasteiger charge is -2.15. The highest BCUT2D eigenvalue weighted by atomic mass is 19.1. The number of benzene rings is 1. The Morgan fingerprint density at radius 1 is 1.33 bits per heavy atom. The maximum absolute atomic E-state index is 13.2. The maximum Gasteiger partial charge on any atom is 0.165 e. The van der Waals surface area contributed by atoms with Crippen molar-refractivity contribution in [2.45, 2.75) is 19.3 Å². The molecule has 1 saturated carbocycles. The molecule has 1 aliphatic rings. The minimum Gasteiger partial charge on any atom is -0.490 e. The van der Waals surface area contributed by atoms with Gasteiger partial charge in [0.25, 0.3) is 0 Å². The number of nitrogens with two attached hydrogens (primary N) is 1. The lowest BCUT2D eigenvalue weighted by atomic mass is 10.0. The smallest absolute Gasteiger partial charge is 0.165 e. The molecule has 82 valence electrons. The van der Waals surface area contributed by atoms with Crippen LogP contribution in [0.5, 0.6) is 5.75 Å². The molecule has 0 spiro atoms. The van der Waals surface area contributed by atoms with Crippen LogP contribution in [0.3, 0.4) is 0 Å². The highest BCUT2D eigenvalue weighted by molar-refractivity contribution is 5.23. The number of para-hydroxylation sites is 1. The molecule has 0 radical (unpaired) electrons. The van der Waals surface area contributed by atoms with E-state index in [0.29, 0.717) is 18.9 Å². The molecule has 1 aromatic rings. The van der Waals surface area contributed by atoms with Gasteiger partial charge in [-0.15, -0.1) is 0 Å². The maximum atomic E-state index is 13.2. The SMILES string of the molecule is NCCC1(COc2ccccc2F)CC1. The molecule has 3 heteroatoms. The van der Waals surface area contributed by atoms with Crippen molar-refractivity contribution in [1.29, 1.82) is 0 Å². The van der Waals surface area contributed by atoms with Crippen molar-refractivity contribution >= 4 is 0 Å². The summed E-state index contributed by atoms with van der Waals surface area (Å²) in [5, 5.41) is 0. The van der Waals surface area contributed by atoms with Crippen molar-refractivity contribution in [2.24, 2.45) is 11.1 Å². The van der Waals surface area contributed by atoms with Gasteiger partial charge in [-0.25, -0.2) is 4.39 Å². The van der Waals surface area contributed by atoms with Gasteiger partial charge in [0.15, 0.2) is 11.6 Å². The third-order valence-corrected chi connectivity index (χ3v) is 3.00. The van der Waals surface area contributed by atoms with Crippen molar-refractivity contribution in [3.63, 3.8) is 0 Å². The van der Waals surface area contributed by atoms with E-state index in [1.807, 2.05) is 0 Å². The highest BCUT2D eigenvalue weighted by Crippen LogP contribution is 2.48. The zero-order valence-corrected chi connectivity index (χ0v) is 8.71. The van der Waals surface area contributed by atoms with E-state index in [0.717, 1.165) is 19.3 Å². The van der Waals surface area contributed by atoms with Crippen molar-refractivity contribution in [3.05, 3.63) is 30.1 Å². The number of hydrogen-bond donors (Lipinski definition) is 1. The summed E-state index contributed by atoms with van der Waals surface area (Å²) < 4.78 is 18.7. The van der Waals surface area contributed by atoms with Crippen LogP contribution in [-0.2, 0) is 0 Å². The highest BCUT2D eigenvalue weighted by Gasteiger charge is 2.42. The average Bonchev–Trinajstić information content (AvgIpc) is 2.98. The van der Waals surface area contributed by atoms with Crippen LogP contribution < -0.4 is 10.5 Å². The first-order chi connectivity index (χ1) is 7.26. The molecule has 0 unspecified atom stereocenters. The first kappa shape index (κ1) is 10.4. The molecule has 0 bridgehead atoms. The molecule has 15 heavy (non-hydrogen) atoms. The lowest BCUT2D eigenvalue weighted by molar-refractivity contribution is 0.218. The van der Waals surface area contributed by atoms with Crippen LogP contribution in [0.25, 0.3) is 0 Å². The molecule has 1 aliphatic carbocycles. The van der Waals surface area contributed by atoms with Crippen molar-refractivity contribution in [1.82, 2.24) is 0 Å². The van der Waals surface area contributed by atoms with E-state index >= 15 is 0 Å². The van der Waals surface area contributed by atoms with Gasteiger partial charge < -0.3 is 10.5 Å². The van der Waals surface area contributed by atoms with Gasteiger partial charge in [-0.2, -0.15) is 0 Å². The van der Waals surface area contributed by atoms with Crippen LogP contribution in [0.4, 0.5) is 4.39 Å². The minimum absolute atomic E-state index is 0.233. The lowest BCUT2D eigenvalue weighted by Crippen LogP contribution is -2.17. The quantitative estimate of drug-likeness (QED) is 0.807.